The molecular formula is C42H51N5O6. The Bertz CT molecular complexity index is 1720. The first-order valence-corrected chi connectivity index (χ1v) is 17.9. The van der Waals surface area contributed by atoms with Crippen LogP contribution in [0.4, 0.5) is 10.5 Å². The van der Waals surface area contributed by atoms with Crippen LogP contribution in [0.25, 0.3) is 0 Å². The van der Waals surface area contributed by atoms with Gasteiger partial charge in [-0.15, -0.1) is 0 Å². The summed E-state index contributed by atoms with van der Waals surface area (Å²) in [6, 6.07) is 32.5. The lowest BCUT2D eigenvalue weighted by Crippen LogP contribution is -2.61. The summed E-state index contributed by atoms with van der Waals surface area (Å²) in [6.07, 6.45) is -2.11. The topological polar surface area (TPSA) is 158 Å². The van der Waals surface area contributed by atoms with Crippen LogP contribution in [0, 0.1) is 11.8 Å². The Kier molecular flexibility index (Phi) is 15.4. The monoisotopic (exact) mass is 721 g/mol. The van der Waals surface area contributed by atoms with Crippen LogP contribution >= 0.6 is 0 Å². The van der Waals surface area contributed by atoms with Crippen molar-refractivity contribution in [2.75, 3.05) is 5.32 Å². The third kappa shape index (κ3) is 12.8. The zero-order valence-corrected chi connectivity index (χ0v) is 30.7. The summed E-state index contributed by atoms with van der Waals surface area (Å²) in [5, 5.41) is 26.6. The molecule has 0 spiro atoms. The third-order valence-corrected chi connectivity index (χ3v) is 8.75. The standard InChI is InChI=1S/C42H51N5O6/c1-28(2)35(39(49)43-26-31-19-11-6-12-20-31)46-41(51)37(44-33-23-15-8-16-24-33)38(48)34(25-30-17-9-5-10-18-30)45-40(50)36(29(3)4)47-42(52)53-27-32-21-13-7-14-22-32/h5-24,28-29,34-38,44,48H,25-27H2,1-4H3,(H,43,49)(H,45,50)(H,46,51)(H,47,52)/t34?,35-,36?,37?,38?/m1/s1. The van der Waals surface area contributed by atoms with Gasteiger partial charge in [0.2, 0.25) is 17.7 Å². The molecule has 5 atom stereocenters. The van der Waals surface area contributed by atoms with Crippen molar-refractivity contribution in [2.45, 2.75) is 77.5 Å². The molecule has 0 aromatic heterocycles. The average molecular weight is 722 g/mol. The maximum Gasteiger partial charge on any atom is 0.408 e. The predicted octanol–water partition coefficient (Wildman–Crippen LogP) is 4.96. The Morgan fingerprint density at radius 2 is 1.04 bits per heavy atom. The second-order valence-corrected chi connectivity index (χ2v) is 13.6. The van der Waals surface area contributed by atoms with E-state index in [1.807, 2.05) is 111 Å². The van der Waals surface area contributed by atoms with Gasteiger partial charge in [0.25, 0.3) is 0 Å². The lowest BCUT2D eigenvalue weighted by molar-refractivity contribution is -0.132. The second kappa shape index (κ2) is 20.4. The van der Waals surface area contributed by atoms with E-state index in [1.54, 1.807) is 38.1 Å². The highest BCUT2D eigenvalue weighted by molar-refractivity contribution is 5.92. The highest BCUT2D eigenvalue weighted by Crippen LogP contribution is 2.17. The van der Waals surface area contributed by atoms with Gasteiger partial charge in [0, 0.05) is 12.2 Å². The zero-order chi connectivity index (χ0) is 38.2. The van der Waals surface area contributed by atoms with E-state index in [-0.39, 0.29) is 37.3 Å². The quantitative estimate of drug-likeness (QED) is 0.0848. The number of nitrogens with one attached hydrogen (secondary N) is 5. The summed E-state index contributed by atoms with van der Waals surface area (Å²) in [5.41, 5.74) is 3.05. The largest absolute Gasteiger partial charge is 0.445 e. The number of ether oxygens (including phenoxy) is 1. The molecule has 0 saturated heterocycles. The van der Waals surface area contributed by atoms with E-state index in [0.29, 0.717) is 5.69 Å². The summed E-state index contributed by atoms with van der Waals surface area (Å²) < 4.78 is 5.39. The Labute approximate surface area is 311 Å². The summed E-state index contributed by atoms with van der Waals surface area (Å²) in [4.78, 5) is 54.4. The van der Waals surface area contributed by atoms with E-state index >= 15 is 0 Å². The fourth-order valence-corrected chi connectivity index (χ4v) is 5.75. The predicted molar refractivity (Wildman–Crippen MR) is 205 cm³/mol. The molecule has 0 aliphatic carbocycles. The van der Waals surface area contributed by atoms with E-state index in [0.717, 1.165) is 16.7 Å². The molecule has 0 aliphatic rings. The maximum atomic E-state index is 14.2. The van der Waals surface area contributed by atoms with E-state index in [9.17, 15) is 24.3 Å². The van der Waals surface area contributed by atoms with E-state index in [1.165, 1.54) is 0 Å². The van der Waals surface area contributed by atoms with Crippen molar-refractivity contribution in [3.05, 3.63) is 138 Å². The van der Waals surface area contributed by atoms with Crippen LogP contribution in [0.15, 0.2) is 121 Å². The summed E-state index contributed by atoms with van der Waals surface area (Å²) in [6.45, 7) is 7.52. The lowest BCUT2D eigenvalue weighted by atomic mass is 9.93. The van der Waals surface area contributed by atoms with E-state index < -0.39 is 48.2 Å². The molecule has 0 bridgehead atoms. The summed E-state index contributed by atoms with van der Waals surface area (Å²) in [5.74, 6) is -2.20. The minimum absolute atomic E-state index is 0.0258. The second-order valence-electron chi connectivity index (χ2n) is 13.6. The van der Waals surface area contributed by atoms with Crippen molar-refractivity contribution in [2.24, 2.45) is 11.8 Å². The van der Waals surface area contributed by atoms with Crippen molar-refractivity contribution in [1.82, 2.24) is 21.3 Å². The van der Waals surface area contributed by atoms with Gasteiger partial charge >= 0.3 is 6.09 Å². The highest BCUT2D eigenvalue weighted by atomic mass is 16.5. The molecule has 0 fully saturated rings. The van der Waals surface area contributed by atoms with Crippen molar-refractivity contribution in [1.29, 1.82) is 0 Å². The Hall–Kier alpha value is -5.68. The first-order valence-electron chi connectivity index (χ1n) is 17.9. The number of carbonyl (C=O) groups excluding carboxylic acids is 4. The van der Waals surface area contributed by atoms with Crippen molar-refractivity contribution < 1.29 is 29.0 Å². The number of alkyl carbamates (subject to hydrolysis) is 1. The van der Waals surface area contributed by atoms with Gasteiger partial charge in [0.15, 0.2) is 0 Å². The molecule has 53 heavy (non-hydrogen) atoms. The number of carbonyl (C=O) groups is 4. The highest BCUT2D eigenvalue weighted by Gasteiger charge is 2.38. The number of hydrogen-bond donors (Lipinski definition) is 6. The van der Waals surface area contributed by atoms with Gasteiger partial charge in [0.1, 0.15) is 30.8 Å². The number of aliphatic hydroxyl groups is 1. The first kappa shape index (κ1) is 40.1. The van der Waals surface area contributed by atoms with Gasteiger partial charge in [-0.2, -0.15) is 0 Å². The van der Waals surface area contributed by atoms with Crippen LogP contribution in [0.2, 0.25) is 0 Å². The number of hydrogen-bond acceptors (Lipinski definition) is 7. The first-order chi connectivity index (χ1) is 25.5. The molecule has 0 heterocycles. The van der Waals surface area contributed by atoms with Gasteiger partial charge in [-0.1, -0.05) is 137 Å². The third-order valence-electron chi connectivity index (χ3n) is 8.75. The van der Waals surface area contributed by atoms with Crippen LogP contribution in [-0.2, 0) is 38.7 Å². The van der Waals surface area contributed by atoms with Crippen LogP contribution in [0.3, 0.4) is 0 Å². The summed E-state index contributed by atoms with van der Waals surface area (Å²) in [7, 11) is 0. The molecule has 11 heteroatoms. The fourth-order valence-electron chi connectivity index (χ4n) is 5.75. The molecule has 4 aromatic rings. The Morgan fingerprint density at radius 3 is 1.58 bits per heavy atom. The number of anilines is 1. The molecule has 11 nitrogen and oxygen atoms in total. The molecule has 280 valence electrons. The van der Waals surface area contributed by atoms with Crippen molar-refractivity contribution in [3.8, 4) is 0 Å². The number of rotatable bonds is 18. The Balaban J connectivity index is 1.57. The van der Waals surface area contributed by atoms with E-state index in [2.05, 4.69) is 26.6 Å². The molecule has 0 saturated carbocycles. The minimum atomic E-state index is -1.50. The molecule has 0 aliphatic heterocycles. The fraction of sp³-hybridized carbons (Fsp3) is 0.333. The molecular weight excluding hydrogens is 670 g/mol. The average Bonchev–Trinajstić information content (AvgIpc) is 3.17. The number of benzene rings is 4. The minimum Gasteiger partial charge on any atom is -0.445 e. The maximum absolute atomic E-state index is 14.2. The molecule has 4 rings (SSSR count). The van der Waals surface area contributed by atoms with Gasteiger partial charge in [-0.3, -0.25) is 14.4 Å². The smallest absolute Gasteiger partial charge is 0.408 e. The van der Waals surface area contributed by atoms with Crippen molar-refractivity contribution >= 4 is 29.5 Å². The van der Waals surface area contributed by atoms with Gasteiger partial charge in [-0.05, 0) is 47.1 Å². The van der Waals surface area contributed by atoms with E-state index in [4.69, 9.17) is 4.74 Å². The number of amides is 4. The van der Waals surface area contributed by atoms with Gasteiger partial charge in [0.05, 0.1) is 6.04 Å². The van der Waals surface area contributed by atoms with Crippen LogP contribution in [-0.4, -0.2) is 59.2 Å². The summed E-state index contributed by atoms with van der Waals surface area (Å²) >= 11 is 0. The SMILES string of the molecule is CC(C)C(NC(=O)OCc1ccccc1)C(=O)NC(Cc1ccccc1)C(O)C(Nc1ccccc1)C(=O)N[C@@H](C(=O)NCc1ccccc1)C(C)C. The normalized spacial score (nSPS) is 13.9. The lowest BCUT2D eigenvalue weighted by Gasteiger charge is -2.34. The number of aliphatic hydroxyl groups excluding tert-OH is 1. The van der Waals surface area contributed by atoms with Crippen LogP contribution in [0.5, 0.6) is 0 Å². The zero-order valence-electron chi connectivity index (χ0n) is 30.7. The number of para-hydroxylation sites is 1. The molecule has 4 unspecified atom stereocenters. The van der Waals surface area contributed by atoms with Crippen molar-refractivity contribution in [3.63, 3.8) is 0 Å². The molecule has 4 amide bonds. The van der Waals surface area contributed by atoms with Gasteiger partial charge in [-0.25, -0.2) is 4.79 Å². The van der Waals surface area contributed by atoms with Gasteiger partial charge < -0.3 is 36.4 Å². The molecule has 0 radical (unpaired) electrons. The molecule has 6 N–H and O–H groups in total. The van der Waals surface area contributed by atoms with Crippen LogP contribution in [0.1, 0.15) is 44.4 Å². The Morgan fingerprint density at radius 1 is 0.566 bits per heavy atom. The molecule has 4 aromatic carbocycles. The van der Waals surface area contributed by atoms with Crippen LogP contribution < -0.4 is 26.6 Å².